The standard InChI is InChI=1S/C23H36N.C23H35N/c1-17(2)19-11-10-12-20(18(3)4)21(19)24-16-23(15-22(24,5)6)13-8-7-9-14-23;1-17(2)15-23(13-8-7-9-14-23)16-24-22-20(18(3)4)11-10-12-21(22)19(5)6/h10-12,16-18H,7-9,13-15H2,1-6H3;10-12,16,18-19H,1,7-9,13-15H2,2-6H3/q+1;. The van der Waals surface area contributed by atoms with Crippen LogP contribution in [0.4, 0.5) is 11.4 Å². The van der Waals surface area contributed by atoms with E-state index in [1.807, 2.05) is 0 Å². The summed E-state index contributed by atoms with van der Waals surface area (Å²) in [5, 5.41) is 0. The molecule has 0 radical (unpaired) electrons. The normalized spacial score (nSPS) is 20.1. The second-order valence-electron chi connectivity index (χ2n) is 17.9. The third-order valence-electron chi connectivity index (χ3n) is 11.6. The van der Waals surface area contributed by atoms with E-state index in [9.17, 15) is 0 Å². The minimum Gasteiger partial charge on any atom is -0.260 e. The molecule has 0 N–H and O–H groups in total. The van der Waals surface area contributed by atoms with Crippen LogP contribution in [0.25, 0.3) is 0 Å². The molecule has 2 nitrogen and oxygen atoms in total. The maximum atomic E-state index is 5.13. The Hall–Kier alpha value is -2.48. The van der Waals surface area contributed by atoms with E-state index in [2.05, 4.69) is 136 Å². The van der Waals surface area contributed by atoms with Gasteiger partial charge in [-0.2, -0.15) is 4.58 Å². The molecule has 0 aromatic heterocycles. The van der Waals surface area contributed by atoms with Gasteiger partial charge in [-0.15, -0.1) is 6.58 Å². The average Bonchev–Trinajstić information content (AvgIpc) is 3.28. The number of nitrogens with zero attached hydrogens (tertiary/aromatic N) is 2. The molecule has 1 spiro atoms. The second-order valence-corrected chi connectivity index (χ2v) is 17.9. The molecule has 5 rings (SSSR count). The van der Waals surface area contributed by atoms with Crippen molar-refractivity contribution in [3.63, 3.8) is 0 Å². The fourth-order valence-corrected chi connectivity index (χ4v) is 9.23. The van der Waals surface area contributed by atoms with Crippen molar-refractivity contribution in [3.05, 3.63) is 70.8 Å². The largest absolute Gasteiger partial charge is 0.260 e. The molecule has 2 aromatic rings. The van der Waals surface area contributed by atoms with Crippen molar-refractivity contribution in [1.82, 2.24) is 0 Å². The van der Waals surface area contributed by atoms with Crippen LogP contribution >= 0.6 is 0 Å². The van der Waals surface area contributed by atoms with Gasteiger partial charge in [0.2, 0.25) is 5.69 Å². The molecule has 2 saturated carbocycles. The lowest BCUT2D eigenvalue weighted by Crippen LogP contribution is -2.31. The summed E-state index contributed by atoms with van der Waals surface area (Å²) in [5.41, 5.74) is 10.7. The van der Waals surface area contributed by atoms with Gasteiger partial charge in [0, 0.05) is 43.0 Å². The molecule has 48 heavy (non-hydrogen) atoms. The van der Waals surface area contributed by atoms with E-state index in [1.54, 1.807) is 0 Å². The smallest absolute Gasteiger partial charge is 0.212 e. The molecule has 3 aliphatic rings. The van der Waals surface area contributed by atoms with Gasteiger partial charge in [-0.05, 0) is 73.8 Å². The zero-order chi connectivity index (χ0) is 35.3. The molecule has 0 unspecified atom stereocenters. The molecule has 2 aromatic carbocycles. The Bertz CT molecular complexity index is 1380. The lowest BCUT2D eigenvalue weighted by molar-refractivity contribution is -0.513. The first-order valence-corrected chi connectivity index (χ1v) is 19.7. The van der Waals surface area contributed by atoms with Gasteiger partial charge in [0.25, 0.3) is 0 Å². The van der Waals surface area contributed by atoms with Crippen LogP contribution in [0.3, 0.4) is 0 Å². The predicted octanol–water partition coefficient (Wildman–Crippen LogP) is 14.3. The van der Waals surface area contributed by atoms with Crippen LogP contribution < -0.4 is 0 Å². The molecular formula is C46H71N2+. The molecule has 2 aliphatic carbocycles. The summed E-state index contributed by atoms with van der Waals surface area (Å²) in [7, 11) is 0. The van der Waals surface area contributed by atoms with Crippen LogP contribution in [0.15, 0.2) is 53.5 Å². The summed E-state index contributed by atoms with van der Waals surface area (Å²) in [5.74, 6) is 2.12. The Balaban J connectivity index is 0.000000217. The highest BCUT2D eigenvalue weighted by Crippen LogP contribution is 2.50. The van der Waals surface area contributed by atoms with Gasteiger partial charge in [-0.3, -0.25) is 4.99 Å². The van der Waals surface area contributed by atoms with E-state index in [0.717, 1.165) is 6.42 Å². The van der Waals surface area contributed by atoms with Gasteiger partial charge < -0.3 is 0 Å². The van der Waals surface area contributed by atoms with Gasteiger partial charge in [0.1, 0.15) is 0 Å². The van der Waals surface area contributed by atoms with Crippen LogP contribution in [0.5, 0.6) is 0 Å². The SMILES string of the molecule is C=C(C)CC1(C=Nc2c(C(C)C)cccc2C(C)C)CCCCC1.CC(C)c1cccc(C(C)C)c1[N+]1=CC2(CCCCC2)CC1(C)C. The van der Waals surface area contributed by atoms with E-state index >= 15 is 0 Å². The van der Waals surface area contributed by atoms with Crippen LogP contribution in [-0.2, 0) is 0 Å². The number of hydrogen-bond acceptors (Lipinski definition) is 1. The molecule has 2 heteroatoms. The van der Waals surface area contributed by atoms with Crippen molar-refractivity contribution < 1.29 is 4.58 Å². The first-order valence-electron chi connectivity index (χ1n) is 19.7. The van der Waals surface area contributed by atoms with Gasteiger partial charge >= 0.3 is 0 Å². The number of allylic oxidation sites excluding steroid dienone is 1. The van der Waals surface area contributed by atoms with Gasteiger partial charge in [-0.25, -0.2) is 0 Å². The highest BCUT2D eigenvalue weighted by Gasteiger charge is 2.52. The Morgan fingerprint density at radius 1 is 0.708 bits per heavy atom. The van der Waals surface area contributed by atoms with Crippen LogP contribution in [0, 0.1) is 10.8 Å². The summed E-state index contributed by atoms with van der Waals surface area (Å²) in [4.78, 5) is 5.13. The monoisotopic (exact) mass is 652 g/mol. The highest BCUT2D eigenvalue weighted by molar-refractivity contribution is 5.73. The van der Waals surface area contributed by atoms with E-state index < -0.39 is 0 Å². The zero-order valence-corrected chi connectivity index (χ0v) is 33.0. The molecular weight excluding hydrogens is 581 g/mol. The zero-order valence-electron chi connectivity index (χ0n) is 33.0. The molecule has 1 heterocycles. The van der Waals surface area contributed by atoms with Crippen LogP contribution in [0.2, 0.25) is 0 Å². The Morgan fingerprint density at radius 2 is 1.15 bits per heavy atom. The quantitative estimate of drug-likeness (QED) is 0.146. The maximum absolute atomic E-state index is 5.13. The predicted molar refractivity (Wildman–Crippen MR) is 213 cm³/mol. The number of rotatable bonds is 9. The van der Waals surface area contributed by atoms with Gasteiger partial charge in [0.05, 0.1) is 11.1 Å². The van der Waals surface area contributed by atoms with Crippen LogP contribution in [-0.4, -0.2) is 22.5 Å². The minimum atomic E-state index is 0.214. The fourth-order valence-electron chi connectivity index (χ4n) is 9.23. The number of benzene rings is 2. The number of aliphatic imine (C=N–C) groups is 1. The van der Waals surface area contributed by atoms with Crippen molar-refractivity contribution >= 4 is 23.8 Å². The van der Waals surface area contributed by atoms with Crippen molar-refractivity contribution in [2.45, 2.75) is 182 Å². The fraction of sp³-hybridized carbons (Fsp3) is 0.652. The Kier molecular flexibility index (Phi) is 12.8. The summed E-state index contributed by atoms with van der Waals surface area (Å²) < 4.78 is 2.68. The lowest BCUT2D eigenvalue weighted by Gasteiger charge is -2.34. The van der Waals surface area contributed by atoms with E-state index in [-0.39, 0.29) is 11.0 Å². The summed E-state index contributed by atoms with van der Waals surface area (Å²) >= 11 is 0. The van der Waals surface area contributed by atoms with Crippen LogP contribution in [0.1, 0.15) is 199 Å². The molecule has 2 fully saturated rings. The first kappa shape index (κ1) is 38.3. The summed E-state index contributed by atoms with van der Waals surface area (Å²) in [6.45, 7) is 29.7. The first-order chi connectivity index (χ1) is 22.6. The van der Waals surface area contributed by atoms with Crippen molar-refractivity contribution in [2.75, 3.05) is 0 Å². The Labute approximate surface area is 296 Å². The van der Waals surface area contributed by atoms with Crippen molar-refractivity contribution in [3.8, 4) is 0 Å². The van der Waals surface area contributed by atoms with E-state index in [0.29, 0.717) is 29.1 Å². The lowest BCUT2D eigenvalue weighted by atomic mass is 9.71. The molecule has 0 bridgehead atoms. The highest BCUT2D eigenvalue weighted by atomic mass is 15.1. The van der Waals surface area contributed by atoms with E-state index in [4.69, 9.17) is 4.99 Å². The third-order valence-corrected chi connectivity index (χ3v) is 11.6. The molecule has 264 valence electrons. The summed E-state index contributed by atoms with van der Waals surface area (Å²) in [6.07, 6.45) is 20.9. The average molecular weight is 652 g/mol. The van der Waals surface area contributed by atoms with E-state index in [1.165, 1.54) is 110 Å². The molecule has 0 atom stereocenters. The second kappa shape index (κ2) is 16.0. The molecule has 1 aliphatic heterocycles. The van der Waals surface area contributed by atoms with Gasteiger partial charge in [-0.1, -0.05) is 136 Å². The van der Waals surface area contributed by atoms with Crippen molar-refractivity contribution in [1.29, 1.82) is 0 Å². The molecule has 0 amide bonds. The van der Waals surface area contributed by atoms with Crippen molar-refractivity contribution in [2.24, 2.45) is 15.8 Å². The number of hydrogen-bond donors (Lipinski definition) is 0. The minimum absolute atomic E-state index is 0.214. The topological polar surface area (TPSA) is 15.4 Å². The third kappa shape index (κ3) is 9.00. The number of para-hydroxylation sites is 2. The Morgan fingerprint density at radius 3 is 1.58 bits per heavy atom. The summed E-state index contributed by atoms with van der Waals surface area (Å²) in [6, 6.07) is 13.6. The molecule has 0 saturated heterocycles. The van der Waals surface area contributed by atoms with Gasteiger partial charge in [0.15, 0.2) is 11.8 Å². The maximum Gasteiger partial charge on any atom is 0.212 e.